The maximum atomic E-state index is 13.0. The van der Waals surface area contributed by atoms with Gasteiger partial charge < -0.3 is 14.7 Å². The molecule has 0 radical (unpaired) electrons. The Morgan fingerprint density at radius 2 is 2.06 bits per heavy atom. The highest BCUT2D eigenvalue weighted by molar-refractivity contribution is 8.30. The predicted molar refractivity (Wildman–Crippen MR) is 109 cm³/mol. The van der Waals surface area contributed by atoms with E-state index in [1.165, 1.54) is 60.6 Å². The van der Waals surface area contributed by atoms with Gasteiger partial charge in [0.05, 0.1) is 11.4 Å². The molecule has 0 saturated heterocycles. The molecule has 0 spiro atoms. The van der Waals surface area contributed by atoms with Crippen LogP contribution in [0.15, 0.2) is 54.1 Å². The molecule has 2 aromatic rings. The Hall–Kier alpha value is -3.15. The number of benzene rings is 2. The third-order valence-electron chi connectivity index (χ3n) is 4.79. The summed E-state index contributed by atoms with van der Waals surface area (Å²) >= 11 is 0. The molecule has 2 N–H and O–H groups in total. The van der Waals surface area contributed by atoms with Gasteiger partial charge in [-0.1, -0.05) is 6.07 Å². The van der Waals surface area contributed by atoms with Gasteiger partial charge in [0.2, 0.25) is 0 Å². The summed E-state index contributed by atoms with van der Waals surface area (Å²) in [5.41, 5.74) is -0.988. The molecule has 0 saturated carbocycles. The van der Waals surface area contributed by atoms with E-state index in [2.05, 4.69) is 9.46 Å². The molecule has 2 aliphatic heterocycles. The molecule has 0 aromatic heterocycles. The van der Waals surface area contributed by atoms with Crippen LogP contribution < -0.4 is 14.4 Å². The molecule has 0 aliphatic carbocycles. The van der Waals surface area contributed by atoms with Gasteiger partial charge in [-0.3, -0.25) is 19.2 Å². The first-order chi connectivity index (χ1) is 14.6. The average Bonchev–Trinajstić information content (AvgIpc) is 3.21. The van der Waals surface area contributed by atoms with E-state index in [-0.39, 0.29) is 22.6 Å². The zero-order chi connectivity index (χ0) is 22.4. The van der Waals surface area contributed by atoms with Crippen molar-refractivity contribution < 1.29 is 37.4 Å². The summed E-state index contributed by atoms with van der Waals surface area (Å²) in [5.74, 6) is -1.31. The molecule has 2 heterocycles. The maximum Gasteiger partial charge on any atom is 0.387 e. The minimum absolute atomic E-state index is 0.132. The van der Waals surface area contributed by atoms with Crippen LogP contribution in [0.1, 0.15) is 22.8 Å². The molecule has 2 aliphatic rings. The Morgan fingerprint density at radius 3 is 2.74 bits per heavy atom. The fourth-order valence-corrected chi connectivity index (χ4v) is 4.41. The number of rotatable bonds is 5. The zero-order valence-electron chi connectivity index (χ0n) is 16.4. The molecule has 8 nitrogen and oxygen atoms in total. The summed E-state index contributed by atoms with van der Waals surface area (Å²) in [6.07, 6.45) is 2.99. The third kappa shape index (κ3) is 3.82. The van der Waals surface area contributed by atoms with Crippen molar-refractivity contribution in [2.45, 2.75) is 19.1 Å². The summed E-state index contributed by atoms with van der Waals surface area (Å²) < 4.78 is 37.3. The van der Waals surface area contributed by atoms with E-state index < -0.39 is 34.5 Å². The number of carbonyl (C=O) groups excluding carboxylic acids is 2. The summed E-state index contributed by atoms with van der Waals surface area (Å²) in [7, 11) is -2.09. The van der Waals surface area contributed by atoms with E-state index in [0.717, 1.165) is 0 Å². The molecule has 11 heteroatoms. The van der Waals surface area contributed by atoms with E-state index in [0.29, 0.717) is 5.69 Å². The second-order valence-electron chi connectivity index (χ2n) is 7.09. The molecule has 4 rings (SSSR count). The number of nitrogens with zero attached hydrogens (tertiary/aromatic N) is 1. The van der Waals surface area contributed by atoms with Crippen LogP contribution in [0.2, 0.25) is 0 Å². The second kappa shape index (κ2) is 7.52. The molecule has 2 atom stereocenters. The summed E-state index contributed by atoms with van der Waals surface area (Å²) in [6.45, 7) is -1.72. The molecule has 2 amide bonds. The molecule has 31 heavy (non-hydrogen) atoms. The van der Waals surface area contributed by atoms with Crippen molar-refractivity contribution in [3.05, 3.63) is 65.3 Å². The number of ether oxygens (including phenoxy) is 1. The highest BCUT2D eigenvalue weighted by Gasteiger charge is 2.47. The summed E-state index contributed by atoms with van der Waals surface area (Å²) in [4.78, 5) is 31.5. The highest BCUT2D eigenvalue weighted by atomic mass is 32.3. The van der Waals surface area contributed by atoms with Crippen molar-refractivity contribution in [3.63, 3.8) is 0 Å². The average molecular weight is 452 g/mol. The van der Waals surface area contributed by atoms with Crippen LogP contribution in [0.25, 0.3) is 0 Å². The molecular weight excluding hydrogens is 434 g/mol. The fourth-order valence-electron chi connectivity index (χ4n) is 3.31. The summed E-state index contributed by atoms with van der Waals surface area (Å²) in [5, 5.41) is 12.5. The number of anilines is 2. The van der Waals surface area contributed by atoms with Crippen LogP contribution in [0.3, 0.4) is 0 Å². The lowest BCUT2D eigenvalue weighted by molar-refractivity contribution is -0.133. The van der Waals surface area contributed by atoms with Crippen LogP contribution in [0.4, 0.5) is 20.2 Å². The van der Waals surface area contributed by atoms with Crippen molar-refractivity contribution in [1.29, 1.82) is 0 Å². The lowest BCUT2D eigenvalue weighted by atomic mass is 9.96. The van der Waals surface area contributed by atoms with E-state index in [1.807, 2.05) is 0 Å². The van der Waals surface area contributed by atoms with E-state index in [4.69, 9.17) is 9.22 Å². The molecule has 2 unspecified atom stereocenters. The number of fused-ring (bicyclic) bond motifs is 1. The van der Waals surface area contributed by atoms with Crippen LogP contribution >= 0.6 is 10.5 Å². The molecule has 0 fully saturated rings. The van der Waals surface area contributed by atoms with Gasteiger partial charge in [0.15, 0.2) is 5.60 Å². The minimum Gasteiger partial charge on any atom is -0.435 e. The van der Waals surface area contributed by atoms with Gasteiger partial charge >= 0.3 is 6.61 Å². The quantitative estimate of drug-likeness (QED) is 0.673. The van der Waals surface area contributed by atoms with Crippen molar-refractivity contribution >= 4 is 33.7 Å². The van der Waals surface area contributed by atoms with Gasteiger partial charge in [-0.05, 0) is 37.3 Å². The van der Waals surface area contributed by atoms with E-state index in [9.17, 15) is 23.5 Å². The SMILES string of the molecule is CC1(O)C(=O)N(c2cccc(OC(F)F)c2)c2ccc(C(=O)NS3(C)C=COO3)cc21. The van der Waals surface area contributed by atoms with Gasteiger partial charge in [-0.15, -0.1) is 4.33 Å². The smallest absolute Gasteiger partial charge is 0.387 e. The normalized spacial score (nSPS) is 26.4. The Morgan fingerprint density at radius 1 is 1.29 bits per heavy atom. The van der Waals surface area contributed by atoms with Crippen LogP contribution in [-0.2, 0) is 19.6 Å². The number of hydrogen-bond acceptors (Lipinski definition) is 6. The van der Waals surface area contributed by atoms with Crippen molar-refractivity contribution in [2.24, 2.45) is 0 Å². The third-order valence-corrected chi connectivity index (χ3v) is 6.37. The first-order valence-corrected chi connectivity index (χ1v) is 11.0. The number of nitrogens with one attached hydrogen (secondary N) is 1. The van der Waals surface area contributed by atoms with E-state index in [1.54, 1.807) is 11.7 Å². The van der Waals surface area contributed by atoms with Gasteiger partial charge in [0.1, 0.15) is 12.0 Å². The fraction of sp³-hybridized carbons (Fsp3) is 0.200. The number of halogens is 2. The first-order valence-electron chi connectivity index (χ1n) is 8.99. The molecule has 2 aromatic carbocycles. The Kier molecular flexibility index (Phi) is 5.12. The second-order valence-corrected chi connectivity index (χ2v) is 9.51. The van der Waals surface area contributed by atoms with Gasteiger partial charge in [-0.2, -0.15) is 8.78 Å². The number of aliphatic hydroxyl groups is 1. The number of alkyl halides is 2. The van der Waals surface area contributed by atoms with Crippen LogP contribution in [0.5, 0.6) is 5.75 Å². The lowest BCUT2D eigenvalue weighted by Crippen LogP contribution is -2.35. The Labute approximate surface area is 177 Å². The predicted octanol–water partition coefficient (Wildman–Crippen LogP) is 3.60. The molecule has 164 valence electrons. The highest BCUT2D eigenvalue weighted by Crippen LogP contribution is 2.48. The molecule has 0 bridgehead atoms. The van der Waals surface area contributed by atoms with Crippen molar-refractivity contribution in [1.82, 2.24) is 4.72 Å². The first kappa shape index (κ1) is 21.1. The standard InChI is InChI=1S/C20H18F2N2O6S/c1-20(27)15-10-12(17(25)23-31(2)9-8-28-30-31)6-7-16(15)24(18(20)26)13-4-3-5-14(11-13)29-19(21)22/h3-11,19,27H,1-2H3,(H,23,25). The van der Waals surface area contributed by atoms with Crippen molar-refractivity contribution in [2.75, 3.05) is 11.2 Å². The Balaban J connectivity index is 1.69. The topological polar surface area (TPSA) is 97.3 Å². The number of carbonyl (C=O) groups is 2. The van der Waals surface area contributed by atoms with Crippen LogP contribution in [0, 0.1) is 0 Å². The van der Waals surface area contributed by atoms with Gasteiger partial charge in [-0.25, -0.2) is 0 Å². The zero-order valence-corrected chi connectivity index (χ0v) is 17.2. The van der Waals surface area contributed by atoms with Crippen LogP contribution in [-0.4, -0.2) is 29.8 Å². The van der Waals surface area contributed by atoms with Crippen molar-refractivity contribution in [3.8, 4) is 5.75 Å². The van der Waals surface area contributed by atoms with Gasteiger partial charge in [0.25, 0.3) is 11.8 Å². The van der Waals surface area contributed by atoms with E-state index >= 15 is 0 Å². The largest absolute Gasteiger partial charge is 0.435 e. The molecular formula is C20H18F2N2O6S. The minimum atomic E-state index is -3.02. The Bertz CT molecular complexity index is 1090. The monoisotopic (exact) mass is 452 g/mol. The lowest BCUT2D eigenvalue weighted by Gasteiger charge is -2.25. The summed E-state index contributed by atoms with van der Waals surface area (Å²) in [6, 6.07) is 9.97. The van der Waals surface area contributed by atoms with Gasteiger partial charge in [0, 0.05) is 39.4 Å². The number of hydrogen-bond donors (Lipinski definition) is 2. The maximum absolute atomic E-state index is 13.0. The number of amides is 2.